The van der Waals surface area contributed by atoms with Crippen molar-refractivity contribution in [2.75, 3.05) is 5.32 Å². The number of para-hydroxylation sites is 3. The Hall–Kier alpha value is -5.02. The van der Waals surface area contributed by atoms with E-state index in [9.17, 15) is 0 Å². The van der Waals surface area contributed by atoms with E-state index in [4.69, 9.17) is 0 Å². The predicted molar refractivity (Wildman–Crippen MR) is 189 cm³/mol. The summed E-state index contributed by atoms with van der Waals surface area (Å²) in [5.74, 6) is 0. The number of fused-ring (bicyclic) bond motifs is 8. The van der Waals surface area contributed by atoms with Gasteiger partial charge in [0.05, 0.1) is 11.2 Å². The van der Waals surface area contributed by atoms with Crippen LogP contribution < -0.4 is 16.2 Å². The fourth-order valence-electron chi connectivity index (χ4n) is 8.09. The van der Waals surface area contributed by atoms with Crippen molar-refractivity contribution in [2.45, 2.75) is 33.1 Å². The molecule has 7 aromatic rings. The molecule has 210 valence electrons. The molecule has 3 heteroatoms. The Labute approximate surface area is 259 Å². The van der Waals surface area contributed by atoms with Gasteiger partial charge in [0.25, 0.3) is 0 Å². The maximum absolute atomic E-state index is 4.00. The van der Waals surface area contributed by atoms with Crippen LogP contribution in [-0.2, 0) is 5.41 Å². The van der Waals surface area contributed by atoms with Crippen molar-refractivity contribution in [3.05, 3.63) is 138 Å². The molecule has 0 bridgehead atoms. The van der Waals surface area contributed by atoms with E-state index in [-0.39, 0.29) is 5.41 Å². The Kier molecular flexibility index (Phi) is 5.21. The summed E-state index contributed by atoms with van der Waals surface area (Å²) in [6, 6.07) is 42.9. The van der Waals surface area contributed by atoms with Crippen molar-refractivity contribution in [3.63, 3.8) is 0 Å². The second-order valence-corrected chi connectivity index (χ2v) is 13.2. The third kappa shape index (κ3) is 3.38. The van der Waals surface area contributed by atoms with Crippen LogP contribution in [0.2, 0.25) is 0 Å². The molecule has 0 unspecified atom stereocenters. The predicted octanol–water partition coefficient (Wildman–Crippen LogP) is 8.82. The van der Waals surface area contributed by atoms with Gasteiger partial charge in [0.15, 0.2) is 7.28 Å². The molecule has 0 atom stereocenters. The van der Waals surface area contributed by atoms with Crippen molar-refractivity contribution in [3.8, 4) is 27.9 Å². The topological polar surface area (TPSA) is 17.0 Å². The molecule has 1 aromatic heterocycles. The van der Waals surface area contributed by atoms with E-state index < -0.39 is 0 Å². The summed E-state index contributed by atoms with van der Waals surface area (Å²) < 4.78 is 2.52. The third-order valence-corrected chi connectivity index (χ3v) is 10.2. The first kappa shape index (κ1) is 25.5. The largest absolute Gasteiger partial charge is 0.354 e. The number of hydrogen-bond acceptors (Lipinski definition) is 1. The van der Waals surface area contributed by atoms with Crippen LogP contribution in [0.15, 0.2) is 115 Å². The van der Waals surface area contributed by atoms with Gasteiger partial charge >= 0.3 is 0 Å². The highest BCUT2D eigenvalue weighted by atomic mass is 15.0. The molecule has 1 N–H and O–H groups in total. The van der Waals surface area contributed by atoms with Gasteiger partial charge in [-0.05, 0) is 70.9 Å². The molecule has 0 radical (unpaired) electrons. The second-order valence-electron chi connectivity index (χ2n) is 13.2. The number of nitrogens with one attached hydrogen (secondary N) is 1. The standard InChI is InChI=1S/C41H33BN2/c1-24-22-30(38-36(23-24)44-35-19-10-7-13-26(35)28-15-11-17-33(42-38)40(28)44)27-20-21-32-37(29-14-6-8-16-31(29)41(32,3)4)39(27)43-34-18-9-5-12-25(34)2/h5-23,42-43H,1-4H3. The van der Waals surface area contributed by atoms with Crippen LogP contribution in [0.3, 0.4) is 0 Å². The van der Waals surface area contributed by atoms with E-state index in [0.717, 1.165) is 13.0 Å². The molecule has 1 aliphatic heterocycles. The molecule has 2 aliphatic rings. The van der Waals surface area contributed by atoms with Gasteiger partial charge in [-0.25, -0.2) is 0 Å². The van der Waals surface area contributed by atoms with Crippen LogP contribution in [0, 0.1) is 13.8 Å². The summed E-state index contributed by atoms with van der Waals surface area (Å²) >= 11 is 0. The zero-order valence-electron chi connectivity index (χ0n) is 25.6. The van der Waals surface area contributed by atoms with E-state index in [1.165, 1.54) is 88.6 Å². The van der Waals surface area contributed by atoms with Gasteiger partial charge in [0.2, 0.25) is 0 Å². The summed E-state index contributed by atoms with van der Waals surface area (Å²) in [6.45, 7) is 9.16. The number of aromatic nitrogens is 1. The molecule has 0 saturated carbocycles. The van der Waals surface area contributed by atoms with Crippen LogP contribution in [0.5, 0.6) is 0 Å². The van der Waals surface area contributed by atoms with Crippen LogP contribution in [-0.4, -0.2) is 11.8 Å². The Morgan fingerprint density at radius 2 is 1.43 bits per heavy atom. The van der Waals surface area contributed by atoms with Crippen LogP contribution in [0.1, 0.15) is 36.1 Å². The zero-order valence-corrected chi connectivity index (χ0v) is 25.6. The zero-order chi connectivity index (χ0) is 29.7. The Bertz CT molecular complexity index is 2340. The fourth-order valence-corrected chi connectivity index (χ4v) is 8.09. The Balaban J connectivity index is 1.37. The number of anilines is 2. The normalized spacial score (nSPS) is 13.8. The van der Waals surface area contributed by atoms with E-state index in [1.807, 2.05) is 0 Å². The molecular weight excluding hydrogens is 531 g/mol. The highest BCUT2D eigenvalue weighted by Crippen LogP contribution is 2.54. The molecule has 0 fully saturated rings. The number of hydrogen-bond donors (Lipinski definition) is 1. The minimum Gasteiger partial charge on any atom is -0.354 e. The summed E-state index contributed by atoms with van der Waals surface area (Å²) in [6.07, 6.45) is 0. The second kappa shape index (κ2) is 9.00. The van der Waals surface area contributed by atoms with Crippen molar-refractivity contribution in [1.82, 2.24) is 4.57 Å². The van der Waals surface area contributed by atoms with Crippen molar-refractivity contribution >= 4 is 51.4 Å². The monoisotopic (exact) mass is 564 g/mol. The highest BCUT2D eigenvalue weighted by molar-refractivity contribution is 6.73. The summed E-state index contributed by atoms with van der Waals surface area (Å²) in [4.78, 5) is 0. The molecule has 2 heterocycles. The first-order valence-electron chi connectivity index (χ1n) is 15.7. The third-order valence-electron chi connectivity index (χ3n) is 10.2. The maximum atomic E-state index is 4.00. The molecule has 44 heavy (non-hydrogen) atoms. The average Bonchev–Trinajstić information content (AvgIpc) is 3.49. The summed E-state index contributed by atoms with van der Waals surface area (Å²) in [5.41, 5.74) is 19.5. The number of nitrogens with zero attached hydrogens (tertiary/aromatic N) is 1. The van der Waals surface area contributed by atoms with Gasteiger partial charge in [0, 0.05) is 44.2 Å². The fraction of sp³-hybridized carbons (Fsp3) is 0.122. The molecular formula is C41H33BN2. The average molecular weight is 565 g/mol. The molecule has 0 saturated heterocycles. The van der Waals surface area contributed by atoms with Crippen molar-refractivity contribution in [1.29, 1.82) is 0 Å². The van der Waals surface area contributed by atoms with Crippen molar-refractivity contribution < 1.29 is 0 Å². The smallest absolute Gasteiger partial charge is 0.198 e. The van der Waals surface area contributed by atoms with Crippen LogP contribution in [0.25, 0.3) is 49.7 Å². The highest BCUT2D eigenvalue weighted by Gasteiger charge is 2.38. The Morgan fingerprint density at radius 3 is 2.32 bits per heavy atom. The van der Waals surface area contributed by atoms with E-state index in [1.54, 1.807) is 0 Å². The minimum atomic E-state index is -0.0761. The van der Waals surface area contributed by atoms with E-state index in [0.29, 0.717) is 0 Å². The number of aryl methyl sites for hydroxylation is 2. The van der Waals surface area contributed by atoms with Gasteiger partial charge in [-0.15, -0.1) is 0 Å². The number of benzene rings is 6. The Morgan fingerprint density at radius 1 is 0.659 bits per heavy atom. The molecule has 0 spiro atoms. The molecule has 2 nitrogen and oxygen atoms in total. The lowest BCUT2D eigenvalue weighted by Crippen LogP contribution is -2.37. The lowest BCUT2D eigenvalue weighted by Gasteiger charge is -2.27. The van der Waals surface area contributed by atoms with Gasteiger partial charge < -0.3 is 9.88 Å². The van der Waals surface area contributed by atoms with E-state index in [2.05, 4.69) is 153 Å². The number of rotatable bonds is 3. The molecule has 9 rings (SSSR count). The first-order valence-corrected chi connectivity index (χ1v) is 15.7. The minimum absolute atomic E-state index is 0.0761. The van der Waals surface area contributed by atoms with Gasteiger partial charge in [-0.1, -0.05) is 116 Å². The SMILES string of the molecule is Cc1cc(-c2ccc3c(c2Nc2ccccc2C)-c2ccccc2C3(C)C)c2c(c1)-n1c3ccccc3c3cccc(c31)B2. The molecule has 0 amide bonds. The van der Waals surface area contributed by atoms with Crippen LogP contribution >= 0.6 is 0 Å². The van der Waals surface area contributed by atoms with Gasteiger partial charge in [-0.2, -0.15) is 0 Å². The maximum Gasteiger partial charge on any atom is 0.198 e. The molecule has 1 aliphatic carbocycles. The van der Waals surface area contributed by atoms with Gasteiger partial charge in [-0.3, -0.25) is 0 Å². The lowest BCUT2D eigenvalue weighted by atomic mass is 9.59. The van der Waals surface area contributed by atoms with E-state index >= 15 is 0 Å². The van der Waals surface area contributed by atoms with Crippen molar-refractivity contribution in [2.24, 2.45) is 0 Å². The van der Waals surface area contributed by atoms with Crippen LogP contribution in [0.4, 0.5) is 11.4 Å². The lowest BCUT2D eigenvalue weighted by molar-refractivity contribution is 0.660. The first-order chi connectivity index (χ1) is 21.4. The van der Waals surface area contributed by atoms with Gasteiger partial charge in [0.1, 0.15) is 0 Å². The quantitative estimate of drug-likeness (QED) is 0.212. The summed E-state index contributed by atoms with van der Waals surface area (Å²) in [7, 11) is 0.904. The molecule has 6 aromatic carbocycles. The summed E-state index contributed by atoms with van der Waals surface area (Å²) in [5, 5.41) is 6.66.